The highest BCUT2D eigenvalue weighted by Crippen LogP contribution is 2.13. The van der Waals surface area contributed by atoms with E-state index >= 15 is 0 Å². The van der Waals surface area contributed by atoms with Crippen LogP contribution in [0.5, 0.6) is 5.75 Å². The van der Waals surface area contributed by atoms with Crippen LogP contribution in [0.25, 0.3) is 0 Å². The molecule has 0 unspecified atom stereocenters. The third-order valence-electron chi connectivity index (χ3n) is 2.54. The molecule has 0 saturated heterocycles. The third kappa shape index (κ3) is 2.72. The molecule has 0 aliphatic rings. The van der Waals surface area contributed by atoms with Gasteiger partial charge in [-0.15, -0.1) is 0 Å². The molecule has 88 valence electrons. The lowest BCUT2D eigenvalue weighted by Crippen LogP contribution is -2.03. The lowest BCUT2D eigenvalue weighted by molar-refractivity contribution is 0.112. The zero-order chi connectivity index (χ0) is 12.1. The number of rotatable bonds is 5. The molecule has 2 aromatic rings. The molecule has 0 aliphatic carbocycles. The molecule has 0 N–H and O–H groups in total. The van der Waals surface area contributed by atoms with Crippen LogP contribution in [-0.4, -0.2) is 15.8 Å². The molecule has 0 amide bonds. The highest BCUT2D eigenvalue weighted by atomic mass is 16.5. The van der Waals surface area contributed by atoms with Gasteiger partial charge in [0.25, 0.3) is 0 Å². The Morgan fingerprint density at radius 1 is 1.35 bits per heavy atom. The van der Waals surface area contributed by atoms with Gasteiger partial charge in [0.2, 0.25) is 0 Å². The second kappa shape index (κ2) is 5.30. The summed E-state index contributed by atoms with van der Waals surface area (Å²) in [6.07, 6.45) is 4.40. The molecule has 0 spiro atoms. The van der Waals surface area contributed by atoms with Crippen LogP contribution in [0.4, 0.5) is 0 Å². The van der Waals surface area contributed by atoms with Crippen molar-refractivity contribution in [1.82, 2.24) is 9.55 Å². The number of aryl methyl sites for hydroxylation is 1. The van der Waals surface area contributed by atoms with Crippen molar-refractivity contribution in [2.24, 2.45) is 0 Å². The van der Waals surface area contributed by atoms with Crippen LogP contribution in [0.15, 0.2) is 36.8 Å². The minimum absolute atomic E-state index is 0.480. The number of imidazole rings is 1. The number of hydrogen-bond donors (Lipinski definition) is 0. The largest absolute Gasteiger partial charge is 0.487 e. The predicted octanol–water partition coefficient (Wildman–Crippen LogP) is 2.29. The predicted molar refractivity (Wildman–Crippen MR) is 64.1 cm³/mol. The summed E-state index contributed by atoms with van der Waals surface area (Å²) >= 11 is 0. The molecule has 0 saturated carbocycles. The first kappa shape index (κ1) is 11.4. The van der Waals surface area contributed by atoms with Crippen molar-refractivity contribution in [3.8, 4) is 5.75 Å². The summed E-state index contributed by atoms with van der Waals surface area (Å²) < 4.78 is 7.64. The molecular formula is C13H14N2O2. The van der Waals surface area contributed by atoms with Crippen LogP contribution < -0.4 is 4.74 Å². The van der Waals surface area contributed by atoms with Gasteiger partial charge in [-0.05, 0) is 31.2 Å². The molecule has 17 heavy (non-hydrogen) atoms. The Kier molecular flexibility index (Phi) is 3.55. The third-order valence-corrected chi connectivity index (χ3v) is 2.54. The Balaban J connectivity index is 1.99. The van der Waals surface area contributed by atoms with Crippen LogP contribution in [0.3, 0.4) is 0 Å². The molecule has 1 aromatic carbocycles. The quantitative estimate of drug-likeness (QED) is 0.740. The molecule has 0 atom stereocenters. The average molecular weight is 230 g/mol. The van der Waals surface area contributed by atoms with Gasteiger partial charge in [-0.25, -0.2) is 4.98 Å². The first-order valence-corrected chi connectivity index (χ1v) is 5.50. The molecule has 0 bridgehead atoms. The molecule has 0 radical (unpaired) electrons. The van der Waals surface area contributed by atoms with E-state index in [-0.39, 0.29) is 0 Å². The van der Waals surface area contributed by atoms with E-state index in [9.17, 15) is 4.79 Å². The standard InChI is InChI=1S/C13H14N2O2/c1-2-15-10-14-7-12(15)9-17-13-5-3-11(8-16)4-6-13/h3-8,10H,2,9H2,1H3. The van der Waals surface area contributed by atoms with Crippen molar-refractivity contribution in [1.29, 1.82) is 0 Å². The van der Waals surface area contributed by atoms with Gasteiger partial charge in [0.05, 0.1) is 18.2 Å². The van der Waals surface area contributed by atoms with Gasteiger partial charge in [0.15, 0.2) is 0 Å². The molecule has 4 heteroatoms. The molecule has 0 fully saturated rings. The molecule has 0 aliphatic heterocycles. The number of carbonyl (C=O) groups excluding carboxylic acids is 1. The first-order chi connectivity index (χ1) is 8.33. The van der Waals surface area contributed by atoms with Gasteiger partial charge in [0, 0.05) is 12.1 Å². The van der Waals surface area contributed by atoms with E-state index in [0.717, 1.165) is 24.3 Å². The van der Waals surface area contributed by atoms with Crippen molar-refractivity contribution < 1.29 is 9.53 Å². The highest BCUT2D eigenvalue weighted by Gasteiger charge is 2.01. The van der Waals surface area contributed by atoms with E-state index in [4.69, 9.17) is 4.74 Å². The van der Waals surface area contributed by atoms with Crippen LogP contribution >= 0.6 is 0 Å². The van der Waals surface area contributed by atoms with E-state index in [1.807, 2.05) is 4.57 Å². The van der Waals surface area contributed by atoms with Gasteiger partial charge < -0.3 is 9.30 Å². The summed E-state index contributed by atoms with van der Waals surface area (Å²) in [5.41, 5.74) is 1.68. The molecule has 4 nitrogen and oxygen atoms in total. The topological polar surface area (TPSA) is 44.1 Å². The summed E-state index contributed by atoms with van der Waals surface area (Å²) in [4.78, 5) is 14.6. The number of nitrogens with zero attached hydrogens (tertiary/aromatic N) is 2. The van der Waals surface area contributed by atoms with Gasteiger partial charge in [-0.1, -0.05) is 0 Å². The number of aldehydes is 1. The molecule has 1 heterocycles. The van der Waals surface area contributed by atoms with Crippen LogP contribution in [0.2, 0.25) is 0 Å². The monoisotopic (exact) mass is 230 g/mol. The Hall–Kier alpha value is -2.10. The Bertz CT molecular complexity index is 488. The number of hydrogen-bond acceptors (Lipinski definition) is 3. The number of carbonyl (C=O) groups is 1. The van der Waals surface area contributed by atoms with E-state index in [1.165, 1.54) is 0 Å². The van der Waals surface area contributed by atoms with Gasteiger partial charge in [-0.3, -0.25) is 4.79 Å². The minimum atomic E-state index is 0.480. The number of benzene rings is 1. The number of aromatic nitrogens is 2. The average Bonchev–Trinajstić information content (AvgIpc) is 2.84. The van der Waals surface area contributed by atoms with Gasteiger partial charge >= 0.3 is 0 Å². The van der Waals surface area contributed by atoms with E-state index in [1.54, 1.807) is 36.8 Å². The summed E-state index contributed by atoms with van der Waals surface area (Å²) in [6, 6.07) is 7.05. The Morgan fingerprint density at radius 2 is 2.12 bits per heavy atom. The fourth-order valence-electron chi connectivity index (χ4n) is 1.55. The fraction of sp³-hybridized carbons (Fsp3) is 0.231. The summed E-state index contributed by atoms with van der Waals surface area (Å²) in [7, 11) is 0. The minimum Gasteiger partial charge on any atom is -0.487 e. The van der Waals surface area contributed by atoms with Crippen LogP contribution in [0, 0.1) is 0 Å². The maximum Gasteiger partial charge on any atom is 0.150 e. The summed E-state index contributed by atoms with van der Waals surface area (Å²) in [5, 5.41) is 0. The van der Waals surface area contributed by atoms with Gasteiger partial charge in [-0.2, -0.15) is 0 Å². The van der Waals surface area contributed by atoms with Crippen LogP contribution in [-0.2, 0) is 13.2 Å². The zero-order valence-electron chi connectivity index (χ0n) is 9.67. The fourth-order valence-corrected chi connectivity index (χ4v) is 1.55. The molecule has 1 aromatic heterocycles. The van der Waals surface area contributed by atoms with Gasteiger partial charge in [0.1, 0.15) is 18.6 Å². The lowest BCUT2D eigenvalue weighted by atomic mass is 10.2. The molecule has 2 rings (SSSR count). The zero-order valence-corrected chi connectivity index (χ0v) is 9.67. The first-order valence-electron chi connectivity index (χ1n) is 5.50. The van der Waals surface area contributed by atoms with Crippen molar-refractivity contribution in [3.05, 3.63) is 48.0 Å². The second-order valence-electron chi connectivity index (χ2n) is 3.65. The Morgan fingerprint density at radius 3 is 2.76 bits per heavy atom. The maximum atomic E-state index is 10.5. The van der Waals surface area contributed by atoms with Crippen molar-refractivity contribution in [2.45, 2.75) is 20.1 Å². The smallest absolute Gasteiger partial charge is 0.150 e. The van der Waals surface area contributed by atoms with E-state index < -0.39 is 0 Å². The van der Waals surface area contributed by atoms with Crippen molar-refractivity contribution in [3.63, 3.8) is 0 Å². The van der Waals surface area contributed by atoms with E-state index in [2.05, 4.69) is 11.9 Å². The Labute approximate surface area is 99.9 Å². The second-order valence-corrected chi connectivity index (χ2v) is 3.65. The summed E-state index contributed by atoms with van der Waals surface area (Å²) in [6.45, 7) is 3.42. The summed E-state index contributed by atoms with van der Waals surface area (Å²) in [5.74, 6) is 0.749. The highest BCUT2D eigenvalue weighted by molar-refractivity contribution is 5.74. The SMILES string of the molecule is CCn1cncc1COc1ccc(C=O)cc1. The molecular weight excluding hydrogens is 216 g/mol. The van der Waals surface area contributed by atoms with Crippen molar-refractivity contribution in [2.75, 3.05) is 0 Å². The normalized spacial score (nSPS) is 10.2. The van der Waals surface area contributed by atoms with Crippen LogP contribution in [0.1, 0.15) is 23.0 Å². The van der Waals surface area contributed by atoms with E-state index in [0.29, 0.717) is 12.2 Å². The maximum absolute atomic E-state index is 10.5. The lowest BCUT2D eigenvalue weighted by Gasteiger charge is -2.07. The van der Waals surface area contributed by atoms with Crippen molar-refractivity contribution >= 4 is 6.29 Å². The number of ether oxygens (including phenoxy) is 1.